The molecule has 5 N–H and O–H groups in total. The molecule has 1 saturated heterocycles. The Bertz CT molecular complexity index is 1200. The minimum Gasteiger partial charge on any atom is -0.394 e. The van der Waals surface area contributed by atoms with E-state index in [1.165, 1.54) is 23.6 Å². The maximum absolute atomic E-state index is 13.2. The second-order valence-corrected chi connectivity index (χ2v) is 11.1. The summed E-state index contributed by atoms with van der Waals surface area (Å²) in [7, 11) is 3.86. The molecule has 2 aromatic rings. The van der Waals surface area contributed by atoms with Gasteiger partial charge in [-0.25, -0.2) is 0 Å². The normalized spacial score (nSPS) is 24.8. The molecule has 3 amide bonds. The largest absolute Gasteiger partial charge is 0.394 e. The van der Waals surface area contributed by atoms with E-state index in [0.29, 0.717) is 41.8 Å². The van der Waals surface area contributed by atoms with Gasteiger partial charge in [-0.3, -0.25) is 19.3 Å². The molecule has 0 radical (unpaired) electrons. The first kappa shape index (κ1) is 29.2. The van der Waals surface area contributed by atoms with Gasteiger partial charge in [0.15, 0.2) is 0 Å². The summed E-state index contributed by atoms with van der Waals surface area (Å²) in [5.74, 6) is -0.378. The zero-order chi connectivity index (χ0) is 28.3. The van der Waals surface area contributed by atoms with Crippen molar-refractivity contribution in [2.75, 3.05) is 51.0 Å². The molecule has 212 valence electrons. The lowest BCUT2D eigenvalue weighted by molar-refractivity contribution is -0.173. The second-order valence-electron chi connectivity index (χ2n) is 9.92. The van der Waals surface area contributed by atoms with E-state index in [0.717, 1.165) is 11.1 Å². The summed E-state index contributed by atoms with van der Waals surface area (Å²) in [5.41, 5.74) is 1.37. The molecule has 0 bridgehead atoms. The molecule has 0 saturated carbocycles. The summed E-state index contributed by atoms with van der Waals surface area (Å²) in [6, 6.07) is 8.41. The first-order valence-electron chi connectivity index (χ1n) is 13.0. The Balaban J connectivity index is 1.28. The molecule has 39 heavy (non-hydrogen) atoms. The summed E-state index contributed by atoms with van der Waals surface area (Å²) < 4.78 is 5.71. The van der Waals surface area contributed by atoms with Gasteiger partial charge in [0.25, 0.3) is 11.8 Å². The van der Waals surface area contributed by atoms with Gasteiger partial charge in [-0.1, -0.05) is 12.1 Å². The molecule has 2 heterocycles. The Morgan fingerprint density at radius 3 is 2.46 bits per heavy atom. The number of hydrogen-bond donors (Lipinski definition) is 5. The van der Waals surface area contributed by atoms with Gasteiger partial charge < -0.3 is 35.6 Å². The highest BCUT2D eigenvalue weighted by Gasteiger charge is 2.44. The smallest absolute Gasteiger partial charge is 0.261 e. The first-order chi connectivity index (χ1) is 18.6. The molecule has 2 aliphatic rings. The number of ether oxygens (including phenoxy) is 1. The van der Waals surface area contributed by atoms with Gasteiger partial charge in [-0.05, 0) is 31.2 Å². The van der Waals surface area contributed by atoms with Crippen molar-refractivity contribution in [1.82, 2.24) is 15.5 Å². The van der Waals surface area contributed by atoms with Crippen LogP contribution >= 0.6 is 11.8 Å². The van der Waals surface area contributed by atoms with Gasteiger partial charge in [0.05, 0.1) is 12.6 Å². The van der Waals surface area contributed by atoms with Crippen LogP contribution in [0.5, 0.6) is 0 Å². The number of carbonyl (C=O) groups excluding carboxylic acids is 3. The van der Waals surface area contributed by atoms with Crippen LogP contribution in [0.4, 0.5) is 5.69 Å². The van der Waals surface area contributed by atoms with E-state index in [-0.39, 0.29) is 24.3 Å². The number of benzene rings is 2. The standard InChI is InChI=1S/C27H36N4O7S/c1-15(33)29-22-24(35)23(34)20(14-32)38-27(22)39-13-11-28-10-5-12-31-25(36)17-7-4-6-16-19(30(2)3)9-8-18(21(16)17)26(31)37/h4,6-9,20,22-24,27-28,32,34-35H,5,10-14H2,1-3H3,(H,29,33)/t20-,22-,23-,24-,27+/m1/s1. The van der Waals surface area contributed by atoms with Crippen molar-refractivity contribution in [1.29, 1.82) is 0 Å². The van der Waals surface area contributed by atoms with Crippen molar-refractivity contribution in [2.24, 2.45) is 0 Å². The lowest BCUT2D eigenvalue weighted by Gasteiger charge is -2.42. The molecule has 2 aliphatic heterocycles. The number of carbonyl (C=O) groups is 3. The van der Waals surface area contributed by atoms with E-state index in [9.17, 15) is 29.7 Å². The molecule has 11 nitrogen and oxygen atoms in total. The van der Waals surface area contributed by atoms with Crippen LogP contribution in [0.2, 0.25) is 0 Å². The molecule has 0 aromatic heterocycles. The minimum atomic E-state index is -1.31. The molecule has 0 spiro atoms. The molecule has 1 fully saturated rings. The molecule has 5 atom stereocenters. The quantitative estimate of drug-likeness (QED) is 0.190. The van der Waals surface area contributed by atoms with Crippen LogP contribution in [-0.2, 0) is 9.53 Å². The lowest BCUT2D eigenvalue weighted by atomic mass is 9.92. The molecular formula is C27H36N4O7S. The first-order valence-corrected chi connectivity index (χ1v) is 14.0. The summed E-state index contributed by atoms with van der Waals surface area (Å²) in [4.78, 5) is 41.3. The van der Waals surface area contributed by atoms with Crippen molar-refractivity contribution in [3.05, 3.63) is 41.5 Å². The number of thioether (sulfide) groups is 1. The fraction of sp³-hybridized carbons (Fsp3) is 0.519. The van der Waals surface area contributed by atoms with Gasteiger partial charge in [-0.2, -0.15) is 0 Å². The number of nitrogens with zero attached hydrogens (tertiary/aromatic N) is 2. The van der Waals surface area contributed by atoms with E-state index >= 15 is 0 Å². The topological polar surface area (TPSA) is 152 Å². The average Bonchev–Trinajstić information content (AvgIpc) is 2.91. The van der Waals surface area contributed by atoms with Crippen LogP contribution in [0, 0.1) is 0 Å². The Morgan fingerprint density at radius 1 is 1.08 bits per heavy atom. The summed E-state index contributed by atoms with van der Waals surface area (Å²) in [5, 5.41) is 37.4. The maximum atomic E-state index is 13.2. The SMILES string of the molecule is CC(=O)N[C@@H]1[C@@H](O)[C@H](O)[C@@H](CO)O[C@H]1SCCNCCCN1C(=O)c2cccc3c(N(C)C)ccc(c23)C1=O. The zero-order valence-electron chi connectivity index (χ0n) is 22.3. The van der Waals surface area contributed by atoms with Crippen LogP contribution in [0.3, 0.4) is 0 Å². The third-order valence-corrected chi connectivity index (χ3v) is 8.17. The summed E-state index contributed by atoms with van der Waals surface area (Å²) >= 11 is 1.35. The Hall–Kier alpha value is -2.74. The van der Waals surface area contributed by atoms with Gasteiger partial charge >= 0.3 is 0 Å². The minimum absolute atomic E-state index is 0.279. The summed E-state index contributed by atoms with van der Waals surface area (Å²) in [6.07, 6.45) is -2.96. The van der Waals surface area contributed by atoms with E-state index < -0.39 is 36.4 Å². The third kappa shape index (κ3) is 6.06. The number of anilines is 1. The molecule has 12 heteroatoms. The summed E-state index contributed by atoms with van der Waals surface area (Å²) in [6.45, 7) is 2.27. The number of rotatable bonds is 11. The van der Waals surface area contributed by atoms with Gasteiger partial charge in [-0.15, -0.1) is 11.8 Å². The predicted octanol–water partition coefficient (Wildman–Crippen LogP) is 0.158. The Labute approximate surface area is 231 Å². The zero-order valence-corrected chi connectivity index (χ0v) is 23.1. The van der Waals surface area contributed by atoms with E-state index in [4.69, 9.17) is 4.74 Å². The maximum Gasteiger partial charge on any atom is 0.261 e. The van der Waals surface area contributed by atoms with Crippen molar-refractivity contribution < 1.29 is 34.4 Å². The van der Waals surface area contributed by atoms with E-state index in [1.807, 2.05) is 37.2 Å². The average molecular weight is 561 g/mol. The molecule has 0 aliphatic carbocycles. The Kier molecular flexibility index (Phi) is 9.47. The van der Waals surface area contributed by atoms with Crippen LogP contribution in [0.25, 0.3) is 10.8 Å². The second kappa shape index (κ2) is 12.6. The van der Waals surface area contributed by atoms with Crippen LogP contribution in [0.1, 0.15) is 34.1 Å². The highest BCUT2D eigenvalue weighted by Crippen LogP contribution is 2.35. The van der Waals surface area contributed by atoms with Crippen LogP contribution in [-0.4, -0.2) is 114 Å². The monoisotopic (exact) mass is 560 g/mol. The van der Waals surface area contributed by atoms with Crippen LogP contribution in [0.15, 0.2) is 30.3 Å². The fourth-order valence-corrected chi connectivity index (χ4v) is 6.22. The fourth-order valence-electron chi connectivity index (χ4n) is 5.07. The highest BCUT2D eigenvalue weighted by molar-refractivity contribution is 7.99. The van der Waals surface area contributed by atoms with Gasteiger partial charge in [0.1, 0.15) is 23.7 Å². The number of aliphatic hydroxyl groups excluding tert-OH is 3. The number of hydrogen-bond acceptors (Lipinski definition) is 10. The van der Waals surface area contributed by atoms with Crippen molar-refractivity contribution in [2.45, 2.75) is 43.1 Å². The number of aliphatic hydroxyl groups is 3. The third-order valence-electron chi connectivity index (χ3n) is 7.00. The van der Waals surface area contributed by atoms with Gasteiger partial charge in [0, 0.05) is 67.4 Å². The van der Waals surface area contributed by atoms with Crippen LogP contribution < -0.4 is 15.5 Å². The predicted molar refractivity (Wildman–Crippen MR) is 149 cm³/mol. The molecule has 0 unspecified atom stereocenters. The molecular weight excluding hydrogens is 524 g/mol. The Morgan fingerprint density at radius 2 is 1.79 bits per heavy atom. The van der Waals surface area contributed by atoms with Crippen molar-refractivity contribution in [3.63, 3.8) is 0 Å². The molecule has 2 aromatic carbocycles. The number of nitrogens with one attached hydrogen (secondary N) is 2. The number of imide groups is 1. The number of amides is 3. The lowest BCUT2D eigenvalue weighted by Crippen LogP contribution is -2.63. The van der Waals surface area contributed by atoms with E-state index in [1.54, 1.807) is 12.1 Å². The van der Waals surface area contributed by atoms with Crippen molar-refractivity contribution in [3.8, 4) is 0 Å². The van der Waals surface area contributed by atoms with E-state index in [2.05, 4.69) is 10.6 Å². The van der Waals surface area contributed by atoms with Gasteiger partial charge in [0.2, 0.25) is 5.91 Å². The van der Waals surface area contributed by atoms with Crippen molar-refractivity contribution >= 4 is 45.9 Å². The molecule has 4 rings (SSSR count). The highest BCUT2D eigenvalue weighted by atomic mass is 32.2.